The molecule has 0 radical (unpaired) electrons. The summed E-state index contributed by atoms with van der Waals surface area (Å²) < 4.78 is 13.1. The maximum Gasteiger partial charge on any atom is 0.335 e. The Balaban J connectivity index is 1.39. The summed E-state index contributed by atoms with van der Waals surface area (Å²) in [6.45, 7) is 6.05. The molecule has 2 aromatic carbocycles. The molecular formula is C24H27NO4. The second-order valence-electron chi connectivity index (χ2n) is 9.01. The lowest BCUT2D eigenvalue weighted by molar-refractivity contribution is -0.162. The Morgan fingerprint density at radius 1 is 1.21 bits per heavy atom. The number of fused-ring (bicyclic) bond motifs is 4. The smallest absolute Gasteiger partial charge is 0.335 e. The number of carbonyl (C=O) groups is 1. The van der Waals surface area contributed by atoms with Crippen molar-refractivity contribution in [3.8, 4) is 5.75 Å². The molecule has 0 unspecified atom stereocenters. The molecule has 0 amide bonds. The van der Waals surface area contributed by atoms with Gasteiger partial charge in [-0.2, -0.15) is 0 Å². The molecule has 0 saturated carbocycles. The minimum absolute atomic E-state index is 0.0755. The Bertz CT molecular complexity index is 940. The van der Waals surface area contributed by atoms with Gasteiger partial charge in [0.05, 0.1) is 17.8 Å². The van der Waals surface area contributed by atoms with Crippen LogP contribution >= 0.6 is 0 Å². The number of carboxylic acid groups (broad SMARTS) is 1. The third-order valence-corrected chi connectivity index (χ3v) is 6.83. The lowest BCUT2D eigenvalue weighted by Crippen LogP contribution is -2.53. The van der Waals surface area contributed by atoms with Crippen LogP contribution in [-0.2, 0) is 11.3 Å². The number of rotatable bonds is 3. The van der Waals surface area contributed by atoms with E-state index in [1.54, 1.807) is 12.1 Å². The molecule has 0 aliphatic carbocycles. The molecule has 2 saturated heterocycles. The number of hydrogen-bond donors (Lipinski definition) is 1. The highest BCUT2D eigenvalue weighted by Crippen LogP contribution is 2.52. The third-order valence-electron chi connectivity index (χ3n) is 6.83. The lowest BCUT2D eigenvalue weighted by atomic mass is 9.74. The summed E-state index contributed by atoms with van der Waals surface area (Å²) in [7, 11) is 0. The van der Waals surface area contributed by atoms with Gasteiger partial charge in [0.1, 0.15) is 11.4 Å². The highest BCUT2D eigenvalue weighted by atomic mass is 16.5. The van der Waals surface area contributed by atoms with E-state index in [1.165, 1.54) is 5.56 Å². The topological polar surface area (TPSA) is 59.0 Å². The number of benzene rings is 2. The first-order valence-electron chi connectivity index (χ1n) is 10.4. The van der Waals surface area contributed by atoms with Crippen LogP contribution < -0.4 is 4.74 Å². The maximum absolute atomic E-state index is 11.3. The Labute approximate surface area is 171 Å². The Kier molecular flexibility index (Phi) is 4.41. The summed E-state index contributed by atoms with van der Waals surface area (Å²) in [6.07, 6.45) is 2.32. The van der Waals surface area contributed by atoms with E-state index < -0.39 is 5.97 Å². The number of para-hydroxylation sites is 1. The zero-order chi connectivity index (χ0) is 20.2. The number of ether oxygens (including phenoxy) is 2. The van der Waals surface area contributed by atoms with Crippen LogP contribution in [0.5, 0.6) is 5.75 Å². The molecule has 0 aromatic heterocycles. The van der Waals surface area contributed by atoms with Crippen LogP contribution in [0.4, 0.5) is 0 Å². The number of likely N-dealkylation sites (tertiary alicyclic amines) is 1. The summed E-state index contributed by atoms with van der Waals surface area (Å²) in [5.41, 5.74) is 2.26. The van der Waals surface area contributed by atoms with Crippen molar-refractivity contribution in [3.05, 3.63) is 65.2 Å². The molecule has 5 nitrogen and oxygen atoms in total. The molecular weight excluding hydrogens is 366 g/mol. The first-order chi connectivity index (χ1) is 13.9. The van der Waals surface area contributed by atoms with E-state index in [2.05, 4.69) is 30.9 Å². The van der Waals surface area contributed by atoms with Crippen molar-refractivity contribution in [2.24, 2.45) is 5.92 Å². The predicted molar refractivity (Wildman–Crippen MR) is 109 cm³/mol. The molecule has 29 heavy (non-hydrogen) atoms. The molecule has 152 valence electrons. The largest absolute Gasteiger partial charge is 0.487 e. The van der Waals surface area contributed by atoms with E-state index in [1.807, 2.05) is 24.3 Å². The zero-order valence-corrected chi connectivity index (χ0v) is 16.9. The van der Waals surface area contributed by atoms with Gasteiger partial charge >= 0.3 is 5.97 Å². The van der Waals surface area contributed by atoms with Gasteiger partial charge in [-0.25, -0.2) is 4.79 Å². The molecule has 1 N–H and O–H groups in total. The fourth-order valence-corrected chi connectivity index (χ4v) is 5.35. The second kappa shape index (κ2) is 6.85. The van der Waals surface area contributed by atoms with Gasteiger partial charge in [-0.3, -0.25) is 4.90 Å². The minimum Gasteiger partial charge on any atom is -0.487 e. The number of carboxylic acids is 1. The van der Waals surface area contributed by atoms with Crippen molar-refractivity contribution >= 4 is 5.97 Å². The molecule has 3 aliphatic rings. The first kappa shape index (κ1) is 18.6. The van der Waals surface area contributed by atoms with E-state index in [0.29, 0.717) is 11.6 Å². The van der Waals surface area contributed by atoms with Gasteiger partial charge in [0, 0.05) is 30.6 Å². The quantitative estimate of drug-likeness (QED) is 0.844. The van der Waals surface area contributed by atoms with Crippen LogP contribution in [0.3, 0.4) is 0 Å². The fraction of sp³-hybridized carbons (Fsp3) is 0.458. The van der Waals surface area contributed by atoms with Gasteiger partial charge in [0.2, 0.25) is 0 Å². The van der Waals surface area contributed by atoms with Crippen molar-refractivity contribution in [2.45, 2.75) is 57.1 Å². The number of hydrogen-bond acceptors (Lipinski definition) is 4. The third kappa shape index (κ3) is 3.22. The summed E-state index contributed by atoms with van der Waals surface area (Å²) in [5.74, 6) is 0.344. The summed E-state index contributed by atoms with van der Waals surface area (Å²) >= 11 is 0. The minimum atomic E-state index is -0.880. The van der Waals surface area contributed by atoms with E-state index in [-0.39, 0.29) is 23.7 Å². The summed E-state index contributed by atoms with van der Waals surface area (Å²) in [4.78, 5) is 13.8. The molecule has 3 heterocycles. The van der Waals surface area contributed by atoms with Crippen LogP contribution in [0.1, 0.15) is 54.3 Å². The predicted octanol–water partition coefficient (Wildman–Crippen LogP) is 4.28. The average molecular weight is 393 g/mol. The van der Waals surface area contributed by atoms with Crippen molar-refractivity contribution in [1.82, 2.24) is 4.90 Å². The molecule has 0 bridgehead atoms. The highest BCUT2D eigenvalue weighted by molar-refractivity contribution is 5.87. The Hall–Kier alpha value is -2.37. The lowest BCUT2D eigenvalue weighted by Gasteiger charge is -2.50. The average Bonchev–Trinajstić information content (AvgIpc) is 3.09. The van der Waals surface area contributed by atoms with Gasteiger partial charge in [0.25, 0.3) is 0 Å². The van der Waals surface area contributed by atoms with Crippen LogP contribution in [0, 0.1) is 5.92 Å². The first-order valence-corrected chi connectivity index (χ1v) is 10.4. The van der Waals surface area contributed by atoms with Crippen LogP contribution in [0.25, 0.3) is 0 Å². The monoisotopic (exact) mass is 393 g/mol. The van der Waals surface area contributed by atoms with Crippen LogP contribution in [0.2, 0.25) is 0 Å². The highest BCUT2D eigenvalue weighted by Gasteiger charge is 2.52. The van der Waals surface area contributed by atoms with E-state index >= 15 is 0 Å². The number of aromatic carboxylic acids is 1. The van der Waals surface area contributed by atoms with E-state index in [9.17, 15) is 9.90 Å². The van der Waals surface area contributed by atoms with Crippen molar-refractivity contribution in [1.29, 1.82) is 0 Å². The molecule has 3 aliphatic heterocycles. The SMILES string of the molecule is CC1(C)Oc2ccccc2[C@H]2O[C@H]3CCN(Cc4cccc(C(=O)O)c4)[C@@H]3C[C@@H]21. The van der Waals surface area contributed by atoms with Gasteiger partial charge in [-0.1, -0.05) is 30.3 Å². The van der Waals surface area contributed by atoms with Gasteiger partial charge in [0.15, 0.2) is 0 Å². The number of nitrogens with zero attached hydrogens (tertiary/aromatic N) is 1. The molecule has 2 fully saturated rings. The maximum atomic E-state index is 11.3. The van der Waals surface area contributed by atoms with Gasteiger partial charge in [-0.05, 0) is 50.5 Å². The molecule has 4 atom stereocenters. The van der Waals surface area contributed by atoms with Crippen LogP contribution in [-0.4, -0.2) is 40.3 Å². The summed E-state index contributed by atoms with van der Waals surface area (Å²) in [6, 6.07) is 15.8. The Morgan fingerprint density at radius 3 is 2.86 bits per heavy atom. The summed E-state index contributed by atoms with van der Waals surface area (Å²) in [5, 5.41) is 9.28. The Morgan fingerprint density at radius 2 is 2.03 bits per heavy atom. The van der Waals surface area contributed by atoms with E-state index in [4.69, 9.17) is 9.47 Å². The molecule has 2 aromatic rings. The van der Waals surface area contributed by atoms with Crippen molar-refractivity contribution in [2.75, 3.05) is 6.54 Å². The van der Waals surface area contributed by atoms with Gasteiger partial charge < -0.3 is 14.6 Å². The van der Waals surface area contributed by atoms with Crippen LogP contribution in [0.15, 0.2) is 48.5 Å². The fourth-order valence-electron chi connectivity index (χ4n) is 5.35. The molecule has 5 rings (SSSR count). The molecule has 5 heteroatoms. The molecule has 0 spiro atoms. The standard InChI is InChI=1S/C24H27NO4/c1-24(2)18-13-19-21(28-22(18)17-8-3-4-9-20(17)29-24)10-11-25(19)14-15-6-5-7-16(12-15)23(26)27/h3-9,12,18-19,21-22H,10-11,13-14H2,1-2H3,(H,26,27)/t18-,19+,21-,22+/m0/s1. The normalized spacial score (nSPS) is 30.0. The van der Waals surface area contributed by atoms with Gasteiger partial charge in [-0.15, -0.1) is 0 Å². The van der Waals surface area contributed by atoms with Crippen molar-refractivity contribution < 1.29 is 19.4 Å². The van der Waals surface area contributed by atoms with E-state index in [0.717, 1.165) is 37.2 Å². The second-order valence-corrected chi connectivity index (χ2v) is 9.01. The van der Waals surface area contributed by atoms with Crippen molar-refractivity contribution in [3.63, 3.8) is 0 Å². The zero-order valence-electron chi connectivity index (χ0n) is 16.9.